The number of carbonyl (C=O) groups excluding carboxylic acids is 1. The Hall–Kier alpha value is -1.80. The molecule has 108 valence electrons. The monoisotopic (exact) mass is 295 g/mol. The summed E-state index contributed by atoms with van der Waals surface area (Å²) < 4.78 is 7.25. The van der Waals surface area contributed by atoms with Gasteiger partial charge in [-0.15, -0.1) is 21.5 Å². The van der Waals surface area contributed by atoms with Crippen LogP contribution in [0.4, 0.5) is 0 Å². The fraction of sp³-hybridized carbons (Fsp3) is 0.500. The largest absolute Gasteiger partial charge is 0.372 e. The average Bonchev–Trinajstić information content (AvgIpc) is 3.10. The van der Waals surface area contributed by atoms with Crippen LogP contribution in [0.25, 0.3) is 0 Å². The van der Waals surface area contributed by atoms with Crippen molar-refractivity contribution in [3.63, 3.8) is 0 Å². The van der Waals surface area contributed by atoms with E-state index in [1.165, 1.54) is 11.3 Å². The predicted molar refractivity (Wildman–Crippen MR) is 74.5 cm³/mol. The van der Waals surface area contributed by atoms with E-state index in [2.05, 4.69) is 20.5 Å². The fourth-order valence-corrected chi connectivity index (χ4v) is 2.46. The number of nitrogens with one attached hydrogen (secondary N) is 1. The van der Waals surface area contributed by atoms with Gasteiger partial charge in [-0.1, -0.05) is 0 Å². The lowest BCUT2D eigenvalue weighted by Gasteiger charge is -2.06. The van der Waals surface area contributed by atoms with Crippen molar-refractivity contribution in [3.05, 3.63) is 28.7 Å². The molecular weight excluding hydrogens is 278 g/mol. The van der Waals surface area contributed by atoms with E-state index in [9.17, 15) is 4.79 Å². The molecule has 0 radical (unpaired) electrons. The first kappa shape index (κ1) is 14.6. The van der Waals surface area contributed by atoms with E-state index < -0.39 is 0 Å². The van der Waals surface area contributed by atoms with Gasteiger partial charge < -0.3 is 14.6 Å². The molecule has 1 unspecified atom stereocenters. The highest BCUT2D eigenvalue weighted by atomic mass is 32.1. The Kier molecular flexibility index (Phi) is 5.19. The van der Waals surface area contributed by atoms with Gasteiger partial charge >= 0.3 is 0 Å². The van der Waals surface area contributed by atoms with E-state index in [1.807, 2.05) is 13.8 Å². The van der Waals surface area contributed by atoms with Crippen LogP contribution in [-0.4, -0.2) is 38.8 Å². The third-order valence-electron chi connectivity index (χ3n) is 2.63. The molecule has 0 saturated carbocycles. The van der Waals surface area contributed by atoms with Crippen LogP contribution in [0.1, 0.15) is 34.6 Å². The van der Waals surface area contributed by atoms with Crippen molar-refractivity contribution in [2.24, 2.45) is 0 Å². The van der Waals surface area contributed by atoms with Gasteiger partial charge in [0.1, 0.15) is 28.6 Å². The summed E-state index contributed by atoms with van der Waals surface area (Å²) in [6, 6.07) is 0. The van der Waals surface area contributed by atoms with Crippen LogP contribution in [-0.2, 0) is 11.3 Å². The van der Waals surface area contributed by atoms with Crippen LogP contribution >= 0.6 is 11.3 Å². The van der Waals surface area contributed by atoms with E-state index in [0.29, 0.717) is 24.6 Å². The molecule has 0 spiro atoms. The fourth-order valence-electron chi connectivity index (χ4n) is 1.63. The van der Waals surface area contributed by atoms with Gasteiger partial charge in [0.25, 0.3) is 5.91 Å². The number of hydrogen-bond acceptors (Lipinski definition) is 6. The summed E-state index contributed by atoms with van der Waals surface area (Å²) in [7, 11) is 0. The van der Waals surface area contributed by atoms with Crippen LogP contribution in [0.15, 0.2) is 18.9 Å². The molecule has 0 saturated heterocycles. The zero-order chi connectivity index (χ0) is 14.4. The lowest BCUT2D eigenvalue weighted by molar-refractivity contribution is 0.0762. The molecule has 2 aromatic heterocycles. The summed E-state index contributed by atoms with van der Waals surface area (Å²) >= 11 is 1.36. The zero-order valence-corrected chi connectivity index (χ0v) is 12.3. The topological polar surface area (TPSA) is 81.9 Å². The molecule has 2 aromatic rings. The average molecular weight is 295 g/mol. The lowest BCUT2D eigenvalue weighted by Crippen LogP contribution is -2.26. The molecule has 7 nitrogen and oxygen atoms in total. The smallest absolute Gasteiger partial charge is 0.263 e. The Morgan fingerprint density at radius 1 is 1.50 bits per heavy atom. The second-order valence-electron chi connectivity index (χ2n) is 4.12. The van der Waals surface area contributed by atoms with Crippen LogP contribution in [0.2, 0.25) is 0 Å². The Labute approximate surface area is 121 Å². The van der Waals surface area contributed by atoms with E-state index in [1.54, 1.807) is 23.4 Å². The molecule has 0 aliphatic carbocycles. The Balaban J connectivity index is 1.83. The summed E-state index contributed by atoms with van der Waals surface area (Å²) in [5.74, 6) is -0.120. The van der Waals surface area contributed by atoms with Gasteiger partial charge in [0.15, 0.2) is 0 Å². The van der Waals surface area contributed by atoms with Crippen LogP contribution in [0.5, 0.6) is 0 Å². The summed E-state index contributed by atoms with van der Waals surface area (Å²) in [5.41, 5.74) is 0. The molecule has 2 rings (SSSR count). The maximum atomic E-state index is 11.9. The van der Waals surface area contributed by atoms with Crippen LogP contribution in [0.3, 0.4) is 0 Å². The van der Waals surface area contributed by atoms with Crippen molar-refractivity contribution >= 4 is 17.2 Å². The van der Waals surface area contributed by atoms with Gasteiger partial charge in [0.2, 0.25) is 0 Å². The highest BCUT2D eigenvalue weighted by Gasteiger charge is 2.14. The zero-order valence-electron chi connectivity index (χ0n) is 11.4. The van der Waals surface area contributed by atoms with Crippen molar-refractivity contribution in [3.8, 4) is 0 Å². The molecule has 0 bridgehead atoms. The van der Waals surface area contributed by atoms with Gasteiger partial charge in [-0.3, -0.25) is 4.79 Å². The van der Waals surface area contributed by atoms with E-state index >= 15 is 0 Å². The normalized spacial score (nSPS) is 12.3. The summed E-state index contributed by atoms with van der Waals surface area (Å²) in [4.78, 5) is 16.8. The minimum Gasteiger partial charge on any atom is -0.372 e. The molecule has 1 amide bonds. The first-order valence-electron chi connectivity index (χ1n) is 6.38. The van der Waals surface area contributed by atoms with Crippen molar-refractivity contribution in [1.82, 2.24) is 25.1 Å². The number of ether oxygens (including phenoxy) is 1. The molecule has 1 atom stereocenters. The number of aromatic nitrogens is 4. The molecule has 8 heteroatoms. The van der Waals surface area contributed by atoms with Crippen LogP contribution in [0, 0.1) is 0 Å². The highest BCUT2D eigenvalue weighted by molar-refractivity contribution is 7.13. The molecule has 0 aromatic carbocycles. The molecule has 2 heterocycles. The number of hydrogen-bond donors (Lipinski definition) is 1. The highest BCUT2D eigenvalue weighted by Crippen LogP contribution is 2.22. The Morgan fingerprint density at radius 2 is 2.25 bits per heavy atom. The number of thiazole rings is 1. The SMILES string of the molecule is CCOC(C)c1ncc(C(=O)NCCn2cnnc2)s1. The summed E-state index contributed by atoms with van der Waals surface area (Å²) in [6.45, 7) is 5.64. The van der Waals surface area contributed by atoms with Gasteiger partial charge in [0.05, 0.1) is 6.20 Å². The molecule has 0 aliphatic heterocycles. The number of carbonyl (C=O) groups is 1. The third kappa shape index (κ3) is 3.84. The van der Waals surface area contributed by atoms with Gasteiger partial charge in [-0.05, 0) is 13.8 Å². The minimum absolute atomic E-state index is 0.0800. The number of rotatable bonds is 7. The predicted octanol–water partition coefficient (Wildman–Crippen LogP) is 1.26. The molecule has 1 N–H and O–H groups in total. The van der Waals surface area contributed by atoms with E-state index in [0.717, 1.165) is 5.01 Å². The van der Waals surface area contributed by atoms with Gasteiger partial charge in [-0.25, -0.2) is 4.98 Å². The Bertz CT molecular complexity index is 540. The number of nitrogens with zero attached hydrogens (tertiary/aromatic N) is 4. The first-order chi connectivity index (χ1) is 9.70. The first-order valence-corrected chi connectivity index (χ1v) is 7.20. The maximum absolute atomic E-state index is 11.9. The lowest BCUT2D eigenvalue weighted by atomic mass is 10.4. The molecule has 20 heavy (non-hydrogen) atoms. The number of amides is 1. The quantitative estimate of drug-likeness (QED) is 0.831. The van der Waals surface area contributed by atoms with Crippen molar-refractivity contribution in [2.75, 3.05) is 13.2 Å². The van der Waals surface area contributed by atoms with E-state index in [4.69, 9.17) is 4.74 Å². The standard InChI is InChI=1S/C12H17N5O2S/c1-3-19-9(2)12-14-6-10(20-12)11(18)13-4-5-17-7-15-16-8-17/h6-9H,3-5H2,1-2H3,(H,13,18). The molecular formula is C12H17N5O2S. The van der Waals surface area contributed by atoms with Crippen molar-refractivity contribution in [2.45, 2.75) is 26.5 Å². The van der Waals surface area contributed by atoms with Crippen LogP contribution < -0.4 is 5.32 Å². The summed E-state index contributed by atoms with van der Waals surface area (Å²) in [6.07, 6.45) is 4.73. The van der Waals surface area contributed by atoms with Crippen molar-refractivity contribution < 1.29 is 9.53 Å². The van der Waals surface area contributed by atoms with E-state index in [-0.39, 0.29) is 12.0 Å². The molecule has 0 aliphatic rings. The summed E-state index contributed by atoms with van der Waals surface area (Å²) in [5, 5.41) is 11.0. The minimum atomic E-state index is -0.120. The van der Waals surface area contributed by atoms with Crippen molar-refractivity contribution in [1.29, 1.82) is 0 Å². The second-order valence-corrected chi connectivity index (χ2v) is 5.18. The van der Waals surface area contributed by atoms with Gasteiger partial charge in [-0.2, -0.15) is 0 Å². The van der Waals surface area contributed by atoms with Gasteiger partial charge in [0, 0.05) is 19.7 Å². The maximum Gasteiger partial charge on any atom is 0.263 e. The third-order valence-corrected chi connectivity index (χ3v) is 3.79. The Morgan fingerprint density at radius 3 is 2.95 bits per heavy atom. The molecule has 0 fully saturated rings. The second kappa shape index (κ2) is 7.11.